The van der Waals surface area contributed by atoms with Crippen LogP contribution in [0.1, 0.15) is 30.9 Å². The summed E-state index contributed by atoms with van der Waals surface area (Å²) in [5, 5.41) is 12.8. The highest BCUT2D eigenvalue weighted by Crippen LogP contribution is 2.23. The highest BCUT2D eigenvalue weighted by Gasteiger charge is 2.21. The predicted molar refractivity (Wildman–Crippen MR) is 97.1 cm³/mol. The fourth-order valence-corrected chi connectivity index (χ4v) is 2.78. The Bertz CT molecular complexity index is 596. The van der Waals surface area contributed by atoms with Gasteiger partial charge in [0.05, 0.1) is 12.1 Å². The predicted octanol–water partition coefficient (Wildman–Crippen LogP) is 3.23. The fraction of sp³-hybridized carbons (Fsp3) is 0.350. The lowest BCUT2D eigenvalue weighted by atomic mass is 9.91. The van der Waals surface area contributed by atoms with Crippen LogP contribution in [0.3, 0.4) is 0 Å². The first-order valence-corrected chi connectivity index (χ1v) is 8.18. The van der Waals surface area contributed by atoms with Gasteiger partial charge in [-0.2, -0.15) is 0 Å². The average Bonchev–Trinajstić information content (AvgIpc) is 2.55. The van der Waals surface area contributed by atoms with E-state index in [0.29, 0.717) is 6.54 Å². The molecular weight excluding hydrogens is 300 g/mol. The van der Waals surface area contributed by atoms with Gasteiger partial charge >= 0.3 is 6.03 Å². The van der Waals surface area contributed by atoms with Gasteiger partial charge in [0.2, 0.25) is 0 Å². The molecule has 4 nitrogen and oxygen atoms in total. The Hall–Kier alpha value is -2.33. The minimum Gasteiger partial charge on any atom is -0.389 e. The van der Waals surface area contributed by atoms with Crippen LogP contribution < -0.4 is 5.32 Å². The van der Waals surface area contributed by atoms with Gasteiger partial charge < -0.3 is 15.3 Å². The molecule has 0 aliphatic heterocycles. The second-order valence-electron chi connectivity index (χ2n) is 6.73. The van der Waals surface area contributed by atoms with Gasteiger partial charge in [0.15, 0.2) is 0 Å². The lowest BCUT2D eigenvalue weighted by Gasteiger charge is -2.27. The van der Waals surface area contributed by atoms with E-state index in [1.54, 1.807) is 20.9 Å². The number of hydrogen-bond donors (Lipinski definition) is 2. The lowest BCUT2D eigenvalue weighted by Crippen LogP contribution is -2.45. The molecule has 2 rings (SSSR count). The molecule has 2 aromatic carbocycles. The molecule has 2 amide bonds. The molecule has 0 aliphatic rings. The Morgan fingerprint density at radius 3 is 1.92 bits per heavy atom. The van der Waals surface area contributed by atoms with Gasteiger partial charge in [0.25, 0.3) is 0 Å². The molecule has 0 fully saturated rings. The van der Waals surface area contributed by atoms with E-state index >= 15 is 0 Å². The number of amides is 2. The molecule has 0 radical (unpaired) electrons. The van der Waals surface area contributed by atoms with Crippen LogP contribution in [0.4, 0.5) is 4.79 Å². The van der Waals surface area contributed by atoms with Crippen molar-refractivity contribution in [1.29, 1.82) is 0 Å². The van der Waals surface area contributed by atoms with Crippen molar-refractivity contribution in [2.75, 3.05) is 20.1 Å². The van der Waals surface area contributed by atoms with E-state index in [9.17, 15) is 9.90 Å². The number of carbonyl (C=O) groups is 1. The number of hydrogen-bond acceptors (Lipinski definition) is 2. The maximum atomic E-state index is 12.3. The summed E-state index contributed by atoms with van der Waals surface area (Å²) in [5.41, 5.74) is 1.41. The van der Waals surface area contributed by atoms with Crippen LogP contribution in [0.15, 0.2) is 60.7 Å². The first kappa shape index (κ1) is 18.0. The van der Waals surface area contributed by atoms with Gasteiger partial charge in [-0.05, 0) is 25.0 Å². The largest absolute Gasteiger partial charge is 0.389 e. The summed E-state index contributed by atoms with van der Waals surface area (Å²) in [5.74, 6) is 0.0897. The van der Waals surface area contributed by atoms with Gasteiger partial charge in [0.1, 0.15) is 0 Å². The molecule has 128 valence electrons. The van der Waals surface area contributed by atoms with Gasteiger partial charge in [-0.1, -0.05) is 60.7 Å². The molecule has 0 unspecified atom stereocenters. The third-order valence-electron chi connectivity index (χ3n) is 3.83. The standard InChI is InChI=1S/C20H26N2O2/c1-20(2,24)15-22(3)19(23)21-14-18(16-10-6-4-7-11-16)17-12-8-5-9-13-17/h4-13,18,24H,14-15H2,1-3H3,(H,21,23). The number of rotatable bonds is 6. The van der Waals surface area contributed by atoms with E-state index in [1.165, 1.54) is 4.90 Å². The molecule has 0 aromatic heterocycles. The maximum absolute atomic E-state index is 12.3. The molecule has 0 spiro atoms. The van der Waals surface area contributed by atoms with Crippen LogP contribution >= 0.6 is 0 Å². The Kier molecular flexibility index (Phi) is 5.99. The number of urea groups is 1. The number of carbonyl (C=O) groups excluding carboxylic acids is 1. The minimum absolute atomic E-state index is 0.0897. The zero-order chi connectivity index (χ0) is 17.6. The summed E-state index contributed by atoms with van der Waals surface area (Å²) in [4.78, 5) is 13.8. The zero-order valence-electron chi connectivity index (χ0n) is 14.6. The summed E-state index contributed by atoms with van der Waals surface area (Å²) in [6, 6.07) is 20.1. The van der Waals surface area contributed by atoms with E-state index < -0.39 is 5.60 Å². The maximum Gasteiger partial charge on any atom is 0.317 e. The van der Waals surface area contributed by atoms with Crippen molar-refractivity contribution in [1.82, 2.24) is 10.2 Å². The van der Waals surface area contributed by atoms with Crippen molar-refractivity contribution < 1.29 is 9.90 Å². The molecule has 4 heteroatoms. The van der Waals surface area contributed by atoms with Gasteiger partial charge in [-0.3, -0.25) is 0 Å². The quantitative estimate of drug-likeness (QED) is 0.856. The number of aliphatic hydroxyl groups is 1. The summed E-state index contributed by atoms with van der Waals surface area (Å²) in [6.45, 7) is 4.16. The van der Waals surface area contributed by atoms with E-state index in [0.717, 1.165) is 11.1 Å². The summed E-state index contributed by atoms with van der Waals surface area (Å²) >= 11 is 0. The molecular formula is C20H26N2O2. The molecule has 2 N–H and O–H groups in total. The average molecular weight is 326 g/mol. The molecule has 2 aromatic rings. The second kappa shape index (κ2) is 7.97. The molecule has 0 atom stereocenters. The van der Waals surface area contributed by atoms with Gasteiger partial charge in [-0.25, -0.2) is 4.79 Å². The van der Waals surface area contributed by atoms with Crippen LogP contribution in [0.2, 0.25) is 0 Å². The van der Waals surface area contributed by atoms with Crippen LogP contribution in [-0.2, 0) is 0 Å². The van der Waals surface area contributed by atoms with E-state index in [-0.39, 0.29) is 18.5 Å². The van der Waals surface area contributed by atoms with Crippen LogP contribution in [0.5, 0.6) is 0 Å². The van der Waals surface area contributed by atoms with Crippen LogP contribution in [0, 0.1) is 0 Å². The Morgan fingerprint density at radius 1 is 1.04 bits per heavy atom. The van der Waals surface area contributed by atoms with E-state index in [4.69, 9.17) is 0 Å². The van der Waals surface area contributed by atoms with Crippen molar-refractivity contribution in [3.8, 4) is 0 Å². The Labute approximate surface area is 144 Å². The number of benzene rings is 2. The first-order chi connectivity index (χ1) is 11.4. The number of nitrogens with one attached hydrogen (secondary N) is 1. The molecule has 0 saturated carbocycles. The summed E-state index contributed by atoms with van der Waals surface area (Å²) in [7, 11) is 1.69. The van der Waals surface area contributed by atoms with Crippen molar-refractivity contribution >= 4 is 6.03 Å². The van der Waals surface area contributed by atoms with Crippen molar-refractivity contribution in [3.05, 3.63) is 71.8 Å². The highest BCUT2D eigenvalue weighted by atomic mass is 16.3. The van der Waals surface area contributed by atoms with E-state index in [1.807, 2.05) is 36.4 Å². The molecule has 0 aliphatic carbocycles. The smallest absolute Gasteiger partial charge is 0.317 e. The Morgan fingerprint density at radius 2 is 1.50 bits per heavy atom. The van der Waals surface area contributed by atoms with Gasteiger partial charge in [-0.15, -0.1) is 0 Å². The summed E-state index contributed by atoms with van der Waals surface area (Å²) < 4.78 is 0. The third-order valence-corrected chi connectivity index (χ3v) is 3.83. The molecule has 0 bridgehead atoms. The third kappa shape index (κ3) is 5.39. The van der Waals surface area contributed by atoms with Crippen molar-refractivity contribution in [2.24, 2.45) is 0 Å². The molecule has 0 saturated heterocycles. The van der Waals surface area contributed by atoms with Crippen molar-refractivity contribution in [2.45, 2.75) is 25.4 Å². The number of nitrogens with zero attached hydrogens (tertiary/aromatic N) is 1. The minimum atomic E-state index is -0.912. The Balaban J connectivity index is 2.08. The normalized spacial score (nSPS) is 11.4. The SMILES string of the molecule is CN(CC(C)(C)O)C(=O)NCC(c1ccccc1)c1ccccc1. The monoisotopic (exact) mass is 326 g/mol. The van der Waals surface area contributed by atoms with Crippen LogP contribution in [-0.4, -0.2) is 41.8 Å². The van der Waals surface area contributed by atoms with Crippen LogP contribution in [0.25, 0.3) is 0 Å². The highest BCUT2D eigenvalue weighted by molar-refractivity contribution is 5.74. The molecule has 24 heavy (non-hydrogen) atoms. The fourth-order valence-electron chi connectivity index (χ4n) is 2.78. The van der Waals surface area contributed by atoms with Crippen molar-refractivity contribution in [3.63, 3.8) is 0 Å². The topological polar surface area (TPSA) is 52.6 Å². The second-order valence-corrected chi connectivity index (χ2v) is 6.73. The zero-order valence-corrected chi connectivity index (χ0v) is 14.6. The summed E-state index contributed by atoms with van der Waals surface area (Å²) in [6.07, 6.45) is 0. The van der Waals surface area contributed by atoms with E-state index in [2.05, 4.69) is 29.6 Å². The van der Waals surface area contributed by atoms with Gasteiger partial charge in [0, 0.05) is 19.5 Å². The number of likely N-dealkylation sites (N-methyl/N-ethyl adjacent to an activating group) is 1. The lowest BCUT2D eigenvalue weighted by molar-refractivity contribution is 0.0532. The first-order valence-electron chi connectivity index (χ1n) is 8.18. The molecule has 0 heterocycles.